The van der Waals surface area contributed by atoms with E-state index < -0.39 is 17.8 Å². The summed E-state index contributed by atoms with van der Waals surface area (Å²) in [5, 5.41) is 0. The summed E-state index contributed by atoms with van der Waals surface area (Å²) in [4.78, 5) is 13.5. The molecule has 1 heterocycles. The van der Waals surface area contributed by atoms with Crippen LogP contribution in [0, 0.1) is 0 Å². The number of halogens is 4. The molecule has 8 heteroatoms. The lowest BCUT2D eigenvalue weighted by atomic mass is 10.1. The standard InChI is InChI=1S/C15H19F3N2O2.ClH/c1-20(14(21)13-7-6-11(8-19)22-13)9-10-4-2-3-5-12(10)15(16,17)18;/h2-5,11,13H,6-9,19H2,1H3;1H/t11-,13+;/m1./s1. The first-order chi connectivity index (χ1) is 10.3. The number of hydrogen-bond donors (Lipinski definition) is 1. The Morgan fingerprint density at radius 3 is 2.57 bits per heavy atom. The van der Waals surface area contributed by atoms with E-state index in [2.05, 4.69) is 0 Å². The number of benzene rings is 1. The van der Waals surface area contributed by atoms with Gasteiger partial charge in [0, 0.05) is 20.1 Å². The number of carbonyl (C=O) groups excluding carboxylic acids is 1. The Morgan fingerprint density at radius 2 is 2.00 bits per heavy atom. The van der Waals surface area contributed by atoms with Crippen LogP contribution in [-0.4, -0.2) is 36.6 Å². The van der Waals surface area contributed by atoms with E-state index in [1.807, 2.05) is 0 Å². The molecule has 1 fully saturated rings. The van der Waals surface area contributed by atoms with E-state index in [0.29, 0.717) is 19.4 Å². The summed E-state index contributed by atoms with van der Waals surface area (Å²) in [6.07, 6.45) is -3.96. The fourth-order valence-corrected chi connectivity index (χ4v) is 2.57. The van der Waals surface area contributed by atoms with Crippen molar-refractivity contribution in [3.8, 4) is 0 Å². The molecule has 1 aliphatic rings. The summed E-state index contributed by atoms with van der Waals surface area (Å²) in [7, 11) is 1.48. The van der Waals surface area contributed by atoms with Gasteiger partial charge >= 0.3 is 6.18 Å². The Balaban J connectivity index is 0.00000264. The van der Waals surface area contributed by atoms with Crippen molar-refractivity contribution in [1.82, 2.24) is 4.90 Å². The van der Waals surface area contributed by atoms with Crippen molar-refractivity contribution in [3.05, 3.63) is 35.4 Å². The summed E-state index contributed by atoms with van der Waals surface area (Å²) >= 11 is 0. The molecule has 1 aromatic carbocycles. The fourth-order valence-electron chi connectivity index (χ4n) is 2.57. The predicted molar refractivity (Wildman–Crippen MR) is 82.1 cm³/mol. The van der Waals surface area contributed by atoms with Gasteiger partial charge in [0.25, 0.3) is 5.91 Å². The number of ether oxygens (including phenoxy) is 1. The van der Waals surface area contributed by atoms with Crippen LogP contribution in [-0.2, 0) is 22.3 Å². The Kier molecular flexibility index (Phi) is 6.85. The van der Waals surface area contributed by atoms with Crippen molar-refractivity contribution in [2.75, 3.05) is 13.6 Å². The highest BCUT2D eigenvalue weighted by Crippen LogP contribution is 2.32. The minimum absolute atomic E-state index is 0. The third-order valence-electron chi connectivity index (χ3n) is 3.75. The lowest BCUT2D eigenvalue weighted by molar-refractivity contribution is -0.144. The molecule has 1 aliphatic heterocycles. The third-order valence-corrected chi connectivity index (χ3v) is 3.75. The van der Waals surface area contributed by atoms with Crippen LogP contribution < -0.4 is 5.73 Å². The van der Waals surface area contributed by atoms with E-state index in [1.165, 1.54) is 30.1 Å². The molecule has 0 aliphatic carbocycles. The number of nitrogens with two attached hydrogens (primary N) is 1. The molecule has 0 aromatic heterocycles. The largest absolute Gasteiger partial charge is 0.416 e. The summed E-state index contributed by atoms with van der Waals surface area (Å²) in [5.41, 5.74) is 4.84. The lowest BCUT2D eigenvalue weighted by Gasteiger charge is -2.23. The van der Waals surface area contributed by atoms with Crippen LogP contribution in [0.5, 0.6) is 0 Å². The Bertz CT molecular complexity index is 540. The van der Waals surface area contributed by atoms with Crippen LogP contribution in [0.2, 0.25) is 0 Å². The van der Waals surface area contributed by atoms with Gasteiger partial charge < -0.3 is 15.4 Å². The molecule has 4 nitrogen and oxygen atoms in total. The molecule has 1 aromatic rings. The summed E-state index contributed by atoms with van der Waals surface area (Å²) < 4.78 is 44.4. The van der Waals surface area contributed by atoms with E-state index in [-0.39, 0.29) is 36.5 Å². The van der Waals surface area contributed by atoms with Gasteiger partial charge in [-0.25, -0.2) is 0 Å². The van der Waals surface area contributed by atoms with Crippen molar-refractivity contribution >= 4 is 18.3 Å². The molecular formula is C15H20ClF3N2O2. The number of likely N-dealkylation sites (N-methyl/N-ethyl adjacent to an activating group) is 1. The average molecular weight is 353 g/mol. The molecule has 0 saturated carbocycles. The molecule has 0 spiro atoms. The number of hydrogen-bond acceptors (Lipinski definition) is 3. The lowest BCUT2D eigenvalue weighted by Crippen LogP contribution is -2.37. The van der Waals surface area contributed by atoms with Crippen molar-refractivity contribution in [2.45, 2.75) is 37.8 Å². The number of nitrogens with zero attached hydrogens (tertiary/aromatic N) is 1. The van der Waals surface area contributed by atoms with E-state index in [4.69, 9.17) is 10.5 Å². The second-order valence-electron chi connectivity index (χ2n) is 5.41. The molecule has 1 saturated heterocycles. The van der Waals surface area contributed by atoms with Crippen molar-refractivity contribution in [1.29, 1.82) is 0 Å². The highest BCUT2D eigenvalue weighted by atomic mass is 35.5. The maximum absolute atomic E-state index is 13.0. The minimum atomic E-state index is -4.44. The van der Waals surface area contributed by atoms with Crippen LogP contribution in [0.4, 0.5) is 13.2 Å². The van der Waals surface area contributed by atoms with Crippen LogP contribution in [0.3, 0.4) is 0 Å². The molecular weight excluding hydrogens is 333 g/mol. The molecule has 0 radical (unpaired) electrons. The normalized spacial score (nSPS) is 20.9. The zero-order valence-corrected chi connectivity index (χ0v) is 13.5. The predicted octanol–water partition coefficient (Wildman–Crippen LogP) is 2.59. The van der Waals surface area contributed by atoms with Gasteiger partial charge in [-0.2, -0.15) is 13.2 Å². The SMILES string of the molecule is CN(Cc1ccccc1C(F)(F)F)C(=O)[C@@H]1CC[C@H](CN)O1.Cl. The zero-order chi connectivity index (χ0) is 16.3. The Labute approximate surface area is 139 Å². The first kappa shape index (κ1) is 19.7. The highest BCUT2D eigenvalue weighted by Gasteiger charge is 2.35. The number of alkyl halides is 3. The van der Waals surface area contributed by atoms with E-state index in [9.17, 15) is 18.0 Å². The van der Waals surface area contributed by atoms with Gasteiger partial charge in [-0.3, -0.25) is 4.79 Å². The second kappa shape index (κ2) is 7.99. The highest BCUT2D eigenvalue weighted by molar-refractivity contribution is 5.85. The van der Waals surface area contributed by atoms with Crippen LogP contribution in [0.25, 0.3) is 0 Å². The van der Waals surface area contributed by atoms with Crippen molar-refractivity contribution < 1.29 is 22.7 Å². The molecule has 2 N–H and O–H groups in total. The monoisotopic (exact) mass is 352 g/mol. The van der Waals surface area contributed by atoms with Gasteiger partial charge in [0.2, 0.25) is 0 Å². The molecule has 2 rings (SSSR count). The van der Waals surface area contributed by atoms with E-state index in [1.54, 1.807) is 0 Å². The maximum Gasteiger partial charge on any atom is 0.416 e. The van der Waals surface area contributed by atoms with Gasteiger partial charge in [0.1, 0.15) is 6.10 Å². The van der Waals surface area contributed by atoms with Gasteiger partial charge in [0.15, 0.2) is 0 Å². The van der Waals surface area contributed by atoms with Crippen LogP contribution in [0.1, 0.15) is 24.0 Å². The van der Waals surface area contributed by atoms with E-state index >= 15 is 0 Å². The molecule has 2 atom stereocenters. The quantitative estimate of drug-likeness (QED) is 0.906. The molecule has 1 amide bonds. The second-order valence-corrected chi connectivity index (χ2v) is 5.41. The van der Waals surface area contributed by atoms with Gasteiger partial charge in [0.05, 0.1) is 11.7 Å². The van der Waals surface area contributed by atoms with Gasteiger partial charge in [-0.05, 0) is 24.5 Å². The Morgan fingerprint density at radius 1 is 1.35 bits per heavy atom. The van der Waals surface area contributed by atoms with Gasteiger partial charge in [-0.1, -0.05) is 18.2 Å². The topological polar surface area (TPSA) is 55.6 Å². The van der Waals surface area contributed by atoms with Gasteiger partial charge in [-0.15, -0.1) is 12.4 Å². The number of rotatable bonds is 4. The van der Waals surface area contributed by atoms with Crippen molar-refractivity contribution in [3.63, 3.8) is 0 Å². The zero-order valence-electron chi connectivity index (χ0n) is 12.7. The first-order valence-electron chi connectivity index (χ1n) is 7.08. The molecule has 0 bridgehead atoms. The number of amides is 1. The average Bonchev–Trinajstić information content (AvgIpc) is 2.94. The molecule has 23 heavy (non-hydrogen) atoms. The van der Waals surface area contributed by atoms with Crippen LogP contribution >= 0.6 is 12.4 Å². The summed E-state index contributed by atoms with van der Waals surface area (Å²) in [5.74, 6) is -0.312. The third kappa shape index (κ3) is 4.83. The number of carbonyl (C=O) groups is 1. The summed E-state index contributed by atoms with van der Waals surface area (Å²) in [6, 6.07) is 5.26. The van der Waals surface area contributed by atoms with Crippen molar-refractivity contribution in [2.24, 2.45) is 5.73 Å². The summed E-state index contributed by atoms with van der Waals surface area (Å²) in [6.45, 7) is 0.228. The smallest absolute Gasteiger partial charge is 0.364 e. The van der Waals surface area contributed by atoms with Crippen LogP contribution in [0.15, 0.2) is 24.3 Å². The molecule has 130 valence electrons. The minimum Gasteiger partial charge on any atom is -0.364 e. The fraction of sp³-hybridized carbons (Fsp3) is 0.533. The molecule has 0 unspecified atom stereocenters. The first-order valence-corrected chi connectivity index (χ1v) is 7.08. The van der Waals surface area contributed by atoms with E-state index in [0.717, 1.165) is 6.07 Å². The maximum atomic E-state index is 13.0. The Hall–Kier alpha value is -1.31.